The number of hydrogen-bond acceptors (Lipinski definition) is 8. The maximum Gasteiger partial charge on any atom is 0.273 e. The number of ether oxygens (including phenoxy) is 1. The van der Waals surface area contributed by atoms with Crippen molar-refractivity contribution in [2.24, 2.45) is 0 Å². The molecule has 146 valence electrons. The average molecular weight is 383 g/mol. The standard InChI is InChI=1S/C19H21N5O4/c1-18(2,26)12-28-14-4-7-22-16(10-14)23-15-9-13(3-6-21-15)24-8-5-19(27,11-20)17(24)25/h3-4,6-7,9-10,26-27H,5,8,12H2,1-2H3,(H,21,22,23)/t19-/m0/s1. The Kier molecular flexibility index (Phi) is 5.18. The molecule has 0 aliphatic carbocycles. The normalized spacial score (nSPS) is 19.4. The molecule has 1 saturated heterocycles. The van der Waals surface area contributed by atoms with Crippen LogP contribution in [0, 0.1) is 11.3 Å². The number of nitrogens with zero attached hydrogens (tertiary/aromatic N) is 4. The van der Waals surface area contributed by atoms with Gasteiger partial charge in [0.25, 0.3) is 5.91 Å². The van der Waals surface area contributed by atoms with Gasteiger partial charge >= 0.3 is 0 Å². The number of nitriles is 1. The number of anilines is 3. The number of carbonyl (C=O) groups is 1. The molecule has 0 spiro atoms. The molecule has 9 heteroatoms. The van der Waals surface area contributed by atoms with E-state index in [4.69, 9.17) is 10.00 Å². The molecule has 1 aliphatic heterocycles. The Morgan fingerprint density at radius 2 is 2.00 bits per heavy atom. The second-order valence-electron chi connectivity index (χ2n) is 7.18. The van der Waals surface area contributed by atoms with Crippen molar-refractivity contribution in [1.82, 2.24) is 9.97 Å². The first kappa shape index (κ1) is 19.5. The summed E-state index contributed by atoms with van der Waals surface area (Å²) in [5.74, 6) is 0.792. The van der Waals surface area contributed by atoms with Crippen LogP contribution >= 0.6 is 0 Å². The predicted octanol–water partition coefficient (Wildman–Crippen LogP) is 1.36. The first-order valence-corrected chi connectivity index (χ1v) is 8.70. The lowest BCUT2D eigenvalue weighted by atomic mass is 10.1. The Labute approximate surface area is 162 Å². The minimum atomic E-state index is -1.98. The Hall–Kier alpha value is -3.22. The van der Waals surface area contributed by atoms with Gasteiger partial charge in [0.2, 0.25) is 5.60 Å². The van der Waals surface area contributed by atoms with Crippen LogP contribution in [0.25, 0.3) is 0 Å². The summed E-state index contributed by atoms with van der Waals surface area (Å²) in [6.07, 6.45) is 3.13. The molecule has 3 N–H and O–H groups in total. The van der Waals surface area contributed by atoms with E-state index in [0.29, 0.717) is 23.1 Å². The third kappa shape index (κ3) is 4.36. The molecule has 0 bridgehead atoms. The minimum Gasteiger partial charge on any atom is -0.490 e. The van der Waals surface area contributed by atoms with Crippen molar-refractivity contribution < 1.29 is 19.7 Å². The van der Waals surface area contributed by atoms with E-state index in [1.807, 2.05) is 0 Å². The third-order valence-corrected chi connectivity index (χ3v) is 4.12. The molecule has 2 aromatic rings. The largest absolute Gasteiger partial charge is 0.490 e. The number of hydrogen-bond donors (Lipinski definition) is 3. The van der Waals surface area contributed by atoms with Crippen LogP contribution in [0.1, 0.15) is 20.3 Å². The van der Waals surface area contributed by atoms with Gasteiger partial charge in [-0.15, -0.1) is 0 Å². The number of amides is 1. The van der Waals surface area contributed by atoms with E-state index in [0.717, 1.165) is 0 Å². The molecule has 1 amide bonds. The predicted molar refractivity (Wildman–Crippen MR) is 101 cm³/mol. The zero-order chi connectivity index (χ0) is 20.4. The van der Waals surface area contributed by atoms with Crippen LogP contribution in [0.2, 0.25) is 0 Å². The molecule has 0 radical (unpaired) electrons. The zero-order valence-corrected chi connectivity index (χ0v) is 15.6. The summed E-state index contributed by atoms with van der Waals surface area (Å²) in [5, 5.41) is 31.8. The van der Waals surface area contributed by atoms with Gasteiger partial charge < -0.3 is 25.2 Å². The van der Waals surface area contributed by atoms with Crippen molar-refractivity contribution in [2.75, 3.05) is 23.4 Å². The monoisotopic (exact) mass is 383 g/mol. The maximum atomic E-state index is 12.3. The van der Waals surface area contributed by atoms with Gasteiger partial charge in [0, 0.05) is 43.2 Å². The molecular weight excluding hydrogens is 362 g/mol. The number of aromatic nitrogens is 2. The highest BCUT2D eigenvalue weighted by molar-refractivity contribution is 6.03. The van der Waals surface area contributed by atoms with Crippen LogP contribution in [0.3, 0.4) is 0 Å². The van der Waals surface area contributed by atoms with Gasteiger partial charge in [0.15, 0.2) is 0 Å². The topological polar surface area (TPSA) is 132 Å². The van der Waals surface area contributed by atoms with Crippen LogP contribution in [0.4, 0.5) is 17.3 Å². The highest BCUT2D eigenvalue weighted by atomic mass is 16.5. The quantitative estimate of drug-likeness (QED) is 0.637. The summed E-state index contributed by atoms with van der Waals surface area (Å²) in [6, 6.07) is 8.26. The van der Waals surface area contributed by atoms with Crippen LogP contribution in [0.15, 0.2) is 36.7 Å². The second-order valence-corrected chi connectivity index (χ2v) is 7.18. The first-order valence-electron chi connectivity index (χ1n) is 8.70. The molecule has 28 heavy (non-hydrogen) atoms. The molecule has 1 atom stereocenters. The Morgan fingerprint density at radius 1 is 1.32 bits per heavy atom. The van der Waals surface area contributed by atoms with Crippen LogP contribution in [0.5, 0.6) is 5.75 Å². The lowest BCUT2D eigenvalue weighted by molar-refractivity contribution is -0.128. The van der Waals surface area contributed by atoms with E-state index >= 15 is 0 Å². The summed E-state index contributed by atoms with van der Waals surface area (Å²) in [5.41, 5.74) is -2.42. The summed E-state index contributed by atoms with van der Waals surface area (Å²) >= 11 is 0. The smallest absolute Gasteiger partial charge is 0.273 e. The number of nitrogens with one attached hydrogen (secondary N) is 1. The van der Waals surface area contributed by atoms with Gasteiger partial charge in [0.05, 0.1) is 5.60 Å². The van der Waals surface area contributed by atoms with E-state index in [2.05, 4.69) is 15.3 Å². The fraction of sp³-hybridized carbons (Fsp3) is 0.368. The Balaban J connectivity index is 1.74. The van der Waals surface area contributed by atoms with E-state index in [1.165, 1.54) is 11.1 Å². The van der Waals surface area contributed by atoms with Gasteiger partial charge in [-0.1, -0.05) is 0 Å². The molecule has 0 unspecified atom stereocenters. The number of aliphatic hydroxyl groups is 2. The molecule has 9 nitrogen and oxygen atoms in total. The summed E-state index contributed by atoms with van der Waals surface area (Å²) in [7, 11) is 0. The van der Waals surface area contributed by atoms with Gasteiger partial charge in [-0.25, -0.2) is 9.97 Å². The second kappa shape index (κ2) is 7.42. The van der Waals surface area contributed by atoms with Crippen molar-refractivity contribution >= 4 is 23.2 Å². The molecule has 2 aromatic heterocycles. The minimum absolute atomic E-state index is 0.0512. The third-order valence-electron chi connectivity index (χ3n) is 4.12. The molecule has 0 aromatic carbocycles. The fourth-order valence-electron chi connectivity index (χ4n) is 2.67. The average Bonchev–Trinajstić information content (AvgIpc) is 2.96. The molecule has 0 saturated carbocycles. The SMILES string of the molecule is CC(C)(O)COc1ccnc(Nc2cc(N3CC[C@](O)(C#N)C3=O)ccn2)c1. The van der Waals surface area contributed by atoms with Crippen LogP contribution in [-0.4, -0.2) is 50.4 Å². The van der Waals surface area contributed by atoms with E-state index in [1.54, 1.807) is 50.4 Å². The molecule has 3 rings (SSSR count). The molecule has 1 fully saturated rings. The summed E-state index contributed by atoms with van der Waals surface area (Å²) in [6.45, 7) is 3.67. The van der Waals surface area contributed by atoms with Gasteiger partial charge in [-0.3, -0.25) is 4.79 Å². The molecule has 3 heterocycles. The lowest BCUT2D eigenvalue weighted by Crippen LogP contribution is -2.38. The van der Waals surface area contributed by atoms with Crippen molar-refractivity contribution in [3.05, 3.63) is 36.7 Å². The zero-order valence-electron chi connectivity index (χ0n) is 15.6. The van der Waals surface area contributed by atoms with E-state index in [9.17, 15) is 15.0 Å². The number of pyridine rings is 2. The van der Waals surface area contributed by atoms with Crippen molar-refractivity contribution in [3.8, 4) is 11.8 Å². The van der Waals surface area contributed by atoms with E-state index in [-0.39, 0.29) is 19.6 Å². The van der Waals surface area contributed by atoms with Crippen molar-refractivity contribution in [3.63, 3.8) is 0 Å². The maximum absolute atomic E-state index is 12.3. The first-order chi connectivity index (χ1) is 13.2. The molecular formula is C19H21N5O4. The van der Waals surface area contributed by atoms with Gasteiger partial charge in [-0.2, -0.15) is 5.26 Å². The molecule has 1 aliphatic rings. The van der Waals surface area contributed by atoms with E-state index < -0.39 is 17.1 Å². The van der Waals surface area contributed by atoms with Crippen LogP contribution < -0.4 is 15.0 Å². The van der Waals surface area contributed by atoms with Crippen LogP contribution in [-0.2, 0) is 4.79 Å². The lowest BCUT2D eigenvalue weighted by Gasteiger charge is -2.19. The Bertz CT molecular complexity index is 921. The van der Waals surface area contributed by atoms with Crippen molar-refractivity contribution in [1.29, 1.82) is 5.26 Å². The highest BCUT2D eigenvalue weighted by Crippen LogP contribution is 2.29. The van der Waals surface area contributed by atoms with Crippen molar-refractivity contribution in [2.45, 2.75) is 31.5 Å². The number of carbonyl (C=O) groups excluding carboxylic acids is 1. The van der Waals surface area contributed by atoms with Gasteiger partial charge in [-0.05, 0) is 26.0 Å². The van der Waals surface area contributed by atoms with Gasteiger partial charge in [0.1, 0.15) is 30.1 Å². The highest BCUT2D eigenvalue weighted by Gasteiger charge is 2.46. The Morgan fingerprint density at radius 3 is 2.64 bits per heavy atom. The number of rotatable bonds is 6. The summed E-state index contributed by atoms with van der Waals surface area (Å²) in [4.78, 5) is 22.0. The summed E-state index contributed by atoms with van der Waals surface area (Å²) < 4.78 is 5.54. The fourth-order valence-corrected chi connectivity index (χ4v) is 2.67.